The predicted molar refractivity (Wildman–Crippen MR) is 73.0 cm³/mol. The molecule has 0 bridgehead atoms. The van der Waals surface area contributed by atoms with Gasteiger partial charge in [-0.1, -0.05) is 0 Å². The summed E-state index contributed by atoms with van der Waals surface area (Å²) in [4.78, 5) is 0. The number of hydrogen-bond acceptors (Lipinski definition) is 3. The second-order valence-electron chi connectivity index (χ2n) is 5.80. The van der Waals surface area contributed by atoms with Gasteiger partial charge in [0.15, 0.2) is 0 Å². The molecular weight excluding hydrogens is 307 g/mol. The molecule has 5 nitrogen and oxygen atoms in total. The molecule has 0 radical (unpaired) electrons. The van der Waals surface area contributed by atoms with Crippen molar-refractivity contribution in [3.05, 3.63) is 0 Å². The van der Waals surface area contributed by atoms with E-state index in [2.05, 4.69) is 5.32 Å². The number of halogens is 3. The van der Waals surface area contributed by atoms with E-state index in [-0.39, 0.29) is 6.54 Å². The molecule has 0 aromatic heterocycles. The minimum atomic E-state index is -4.51. The van der Waals surface area contributed by atoms with E-state index in [0.29, 0.717) is 36.2 Å². The average Bonchev–Trinajstić information content (AvgIpc) is 3.24. The maximum Gasteiger partial charge on any atom is 0.402 e. The van der Waals surface area contributed by atoms with Crippen molar-refractivity contribution in [3.63, 3.8) is 0 Å². The number of alkyl halides is 3. The molecule has 0 atom stereocenters. The van der Waals surface area contributed by atoms with Gasteiger partial charge in [-0.25, -0.2) is 0 Å². The van der Waals surface area contributed by atoms with Crippen LogP contribution in [0.1, 0.15) is 32.1 Å². The van der Waals surface area contributed by atoms with Gasteiger partial charge < -0.3 is 5.32 Å². The highest BCUT2D eigenvalue weighted by Gasteiger charge is 2.45. The molecule has 124 valence electrons. The number of rotatable bonds is 9. The molecule has 21 heavy (non-hydrogen) atoms. The number of nitrogens with zero attached hydrogens (tertiary/aromatic N) is 2. The lowest BCUT2D eigenvalue weighted by atomic mass is 10.4. The monoisotopic (exact) mass is 329 g/mol. The highest BCUT2D eigenvalue weighted by Crippen LogP contribution is 2.33. The van der Waals surface area contributed by atoms with Crippen molar-refractivity contribution in [2.45, 2.75) is 50.4 Å². The van der Waals surface area contributed by atoms with E-state index in [1.165, 1.54) is 7.05 Å². The van der Waals surface area contributed by atoms with Crippen molar-refractivity contribution >= 4 is 10.2 Å². The Hall–Kier alpha value is -0.380. The van der Waals surface area contributed by atoms with Crippen LogP contribution in [0.2, 0.25) is 0 Å². The molecular formula is C12H22F3N3O2S. The lowest BCUT2D eigenvalue weighted by molar-refractivity contribution is -0.137. The number of nitrogens with one attached hydrogen (secondary N) is 1. The third-order valence-electron chi connectivity index (χ3n) is 3.64. The molecule has 9 heteroatoms. The van der Waals surface area contributed by atoms with Crippen LogP contribution in [-0.2, 0) is 10.2 Å². The third-order valence-corrected chi connectivity index (χ3v) is 5.63. The summed E-state index contributed by atoms with van der Waals surface area (Å²) >= 11 is 0. The first-order valence-corrected chi connectivity index (χ1v) is 8.63. The Morgan fingerprint density at radius 3 is 2.29 bits per heavy atom. The van der Waals surface area contributed by atoms with Crippen LogP contribution in [0.25, 0.3) is 0 Å². The lowest BCUT2D eigenvalue weighted by Crippen LogP contribution is -2.47. The molecule has 0 saturated heterocycles. The summed E-state index contributed by atoms with van der Waals surface area (Å²) in [6.45, 7) is -0.485. The zero-order valence-corrected chi connectivity index (χ0v) is 12.9. The first kappa shape index (κ1) is 17.0. The first-order valence-electron chi connectivity index (χ1n) is 7.23. The first-order chi connectivity index (χ1) is 9.70. The van der Waals surface area contributed by atoms with Crippen molar-refractivity contribution in [2.75, 3.05) is 26.7 Å². The summed E-state index contributed by atoms with van der Waals surface area (Å²) < 4.78 is 63.8. The molecule has 0 aliphatic heterocycles. The van der Waals surface area contributed by atoms with Gasteiger partial charge in [-0.2, -0.15) is 30.2 Å². The van der Waals surface area contributed by atoms with E-state index in [4.69, 9.17) is 0 Å². The van der Waals surface area contributed by atoms with Crippen molar-refractivity contribution in [1.29, 1.82) is 0 Å². The van der Waals surface area contributed by atoms with E-state index < -0.39 is 29.0 Å². The van der Waals surface area contributed by atoms with Crippen molar-refractivity contribution in [1.82, 2.24) is 13.9 Å². The van der Waals surface area contributed by atoms with Gasteiger partial charge in [0.1, 0.15) is 6.54 Å². The fraction of sp³-hybridized carbons (Fsp3) is 1.00. The fourth-order valence-electron chi connectivity index (χ4n) is 2.13. The topological polar surface area (TPSA) is 52.7 Å². The summed E-state index contributed by atoms with van der Waals surface area (Å²) in [5, 5.41) is 3.25. The highest BCUT2D eigenvalue weighted by atomic mass is 32.2. The number of hydrogen-bond donors (Lipinski definition) is 1. The molecule has 0 aromatic rings. The van der Waals surface area contributed by atoms with Crippen LogP contribution in [0.5, 0.6) is 0 Å². The standard InChI is InChI=1S/C12H22F3N3O2S/c1-17(8-2-7-16-10-3-4-10)21(19,20)18(11-5-6-11)9-12(13,14)15/h10-11,16H,2-9H2,1H3. The zero-order chi connectivity index (χ0) is 15.7. The summed E-state index contributed by atoms with van der Waals surface area (Å²) in [6, 6.07) is 0.0452. The molecule has 2 saturated carbocycles. The molecule has 0 unspecified atom stereocenters. The SMILES string of the molecule is CN(CCCNC1CC1)S(=O)(=O)N(CC(F)(F)F)C1CC1. The minimum Gasteiger partial charge on any atom is -0.314 e. The molecule has 1 N–H and O–H groups in total. The second kappa shape index (κ2) is 6.39. The summed E-state index contributed by atoms with van der Waals surface area (Å²) in [7, 11) is -2.69. The molecule has 2 aliphatic carbocycles. The largest absolute Gasteiger partial charge is 0.402 e. The maximum absolute atomic E-state index is 12.6. The summed E-state index contributed by atoms with van der Waals surface area (Å²) in [6.07, 6.45) is -0.607. The Bertz CT molecular complexity index is 447. The lowest BCUT2D eigenvalue weighted by Gasteiger charge is -2.28. The van der Waals surface area contributed by atoms with Crippen LogP contribution in [0.4, 0.5) is 13.2 Å². The van der Waals surface area contributed by atoms with Gasteiger partial charge >= 0.3 is 6.18 Å². The van der Waals surface area contributed by atoms with E-state index >= 15 is 0 Å². The molecule has 0 spiro atoms. The Morgan fingerprint density at radius 2 is 1.81 bits per heavy atom. The molecule has 0 heterocycles. The van der Waals surface area contributed by atoms with E-state index in [9.17, 15) is 21.6 Å². The molecule has 2 fully saturated rings. The van der Waals surface area contributed by atoms with E-state index in [1.807, 2.05) is 0 Å². The minimum absolute atomic E-state index is 0.225. The normalized spacial score (nSPS) is 20.5. The van der Waals surface area contributed by atoms with Crippen LogP contribution < -0.4 is 5.32 Å². The molecule has 2 rings (SSSR count). The van der Waals surface area contributed by atoms with Crippen molar-refractivity contribution in [3.8, 4) is 0 Å². The smallest absolute Gasteiger partial charge is 0.314 e. The van der Waals surface area contributed by atoms with Gasteiger partial charge in [0.2, 0.25) is 0 Å². The van der Waals surface area contributed by atoms with Gasteiger partial charge in [-0.05, 0) is 38.6 Å². The highest BCUT2D eigenvalue weighted by molar-refractivity contribution is 7.86. The Balaban J connectivity index is 1.86. The van der Waals surface area contributed by atoms with E-state index in [0.717, 1.165) is 17.1 Å². The van der Waals surface area contributed by atoms with Gasteiger partial charge in [0.05, 0.1) is 0 Å². The third kappa shape index (κ3) is 5.39. The van der Waals surface area contributed by atoms with Crippen molar-refractivity contribution < 1.29 is 21.6 Å². The Morgan fingerprint density at radius 1 is 1.19 bits per heavy atom. The van der Waals surface area contributed by atoms with E-state index in [1.54, 1.807) is 0 Å². The molecule has 0 amide bonds. The Kier molecular flexibility index (Phi) is 5.17. The van der Waals surface area contributed by atoms with Gasteiger partial charge in [-0.15, -0.1) is 0 Å². The van der Waals surface area contributed by atoms with Crippen LogP contribution in [-0.4, -0.2) is 62.0 Å². The van der Waals surface area contributed by atoms with Crippen molar-refractivity contribution in [2.24, 2.45) is 0 Å². The van der Waals surface area contributed by atoms with Gasteiger partial charge in [0, 0.05) is 25.7 Å². The molecule has 0 aromatic carbocycles. The molecule has 2 aliphatic rings. The second-order valence-corrected chi connectivity index (χ2v) is 7.79. The zero-order valence-electron chi connectivity index (χ0n) is 12.1. The van der Waals surface area contributed by atoms with Crippen LogP contribution in [0, 0.1) is 0 Å². The average molecular weight is 329 g/mol. The van der Waals surface area contributed by atoms with Crippen LogP contribution in [0.15, 0.2) is 0 Å². The summed E-state index contributed by atoms with van der Waals surface area (Å²) in [5.74, 6) is 0. The van der Waals surface area contributed by atoms with Crippen LogP contribution in [0.3, 0.4) is 0 Å². The van der Waals surface area contributed by atoms with Crippen LogP contribution >= 0.6 is 0 Å². The summed E-state index contributed by atoms with van der Waals surface area (Å²) in [5.41, 5.74) is 0. The van der Waals surface area contributed by atoms with Gasteiger partial charge in [0.25, 0.3) is 10.2 Å². The predicted octanol–water partition coefficient (Wildman–Crippen LogP) is 1.33. The fourth-order valence-corrected chi connectivity index (χ4v) is 3.74. The Labute approximate surface area is 123 Å². The van der Waals surface area contributed by atoms with Gasteiger partial charge in [-0.3, -0.25) is 0 Å². The maximum atomic E-state index is 12.6. The quantitative estimate of drug-likeness (QED) is 0.650.